The van der Waals surface area contributed by atoms with Crippen molar-refractivity contribution >= 4 is 0 Å². The topological polar surface area (TPSA) is 44.0 Å². The van der Waals surface area contributed by atoms with Gasteiger partial charge in [0.2, 0.25) is 0 Å². The van der Waals surface area contributed by atoms with E-state index in [1.54, 1.807) is 6.33 Å². The van der Waals surface area contributed by atoms with Crippen molar-refractivity contribution in [1.29, 1.82) is 0 Å². The molecule has 12 heavy (non-hydrogen) atoms. The van der Waals surface area contributed by atoms with Gasteiger partial charge in [-0.25, -0.2) is 4.98 Å². The largest absolute Gasteiger partial charge is 0.347 e. The summed E-state index contributed by atoms with van der Waals surface area (Å²) < 4.78 is 0. The van der Waals surface area contributed by atoms with Gasteiger partial charge in [0.05, 0.1) is 6.33 Å². The Labute approximate surface area is 72.0 Å². The van der Waals surface area contributed by atoms with Crippen molar-refractivity contribution in [1.82, 2.24) is 20.2 Å². The molecule has 0 aromatic carbocycles. The summed E-state index contributed by atoms with van der Waals surface area (Å²) in [6.07, 6.45) is 3.57. The quantitative estimate of drug-likeness (QED) is 0.654. The van der Waals surface area contributed by atoms with Gasteiger partial charge in [-0.05, 0) is 7.05 Å². The van der Waals surface area contributed by atoms with Crippen molar-refractivity contribution in [2.75, 3.05) is 20.1 Å². The van der Waals surface area contributed by atoms with E-state index in [0.717, 1.165) is 25.3 Å². The summed E-state index contributed by atoms with van der Waals surface area (Å²) in [5.74, 6) is 0. The summed E-state index contributed by atoms with van der Waals surface area (Å²) in [7, 11) is 2.13. The fourth-order valence-electron chi connectivity index (χ4n) is 1.46. The maximum Gasteiger partial charge on any atom is 0.0922 e. The number of rotatable bonds is 3. The van der Waals surface area contributed by atoms with E-state index in [4.69, 9.17) is 0 Å². The van der Waals surface area contributed by atoms with Crippen LogP contribution >= 0.6 is 0 Å². The highest BCUT2D eigenvalue weighted by Crippen LogP contribution is 2.04. The molecule has 1 fully saturated rings. The van der Waals surface area contributed by atoms with Gasteiger partial charge in [-0.1, -0.05) is 0 Å². The first-order valence-electron chi connectivity index (χ1n) is 4.24. The Balaban J connectivity index is 1.70. The summed E-state index contributed by atoms with van der Waals surface area (Å²) in [6.45, 7) is 3.22. The number of imidazole rings is 1. The summed E-state index contributed by atoms with van der Waals surface area (Å²) in [5.41, 5.74) is 1.16. The van der Waals surface area contributed by atoms with Gasteiger partial charge in [-0.3, -0.25) is 0 Å². The Morgan fingerprint density at radius 2 is 2.58 bits per heavy atom. The van der Waals surface area contributed by atoms with Crippen LogP contribution in [0.4, 0.5) is 0 Å². The van der Waals surface area contributed by atoms with Crippen LogP contribution in [0.3, 0.4) is 0 Å². The molecule has 66 valence electrons. The van der Waals surface area contributed by atoms with Gasteiger partial charge in [0.25, 0.3) is 0 Å². The zero-order chi connectivity index (χ0) is 8.39. The van der Waals surface area contributed by atoms with Gasteiger partial charge in [-0.15, -0.1) is 0 Å². The van der Waals surface area contributed by atoms with Crippen LogP contribution in [0.2, 0.25) is 0 Å². The van der Waals surface area contributed by atoms with Crippen LogP contribution in [0, 0.1) is 0 Å². The molecule has 1 aromatic rings. The molecule has 1 aromatic heterocycles. The smallest absolute Gasteiger partial charge is 0.0922 e. The lowest BCUT2D eigenvalue weighted by Crippen LogP contribution is -2.55. The Hall–Kier alpha value is -0.870. The molecule has 1 aliphatic heterocycles. The molecule has 2 rings (SSSR count). The number of hydrogen-bond acceptors (Lipinski definition) is 3. The first-order valence-corrected chi connectivity index (χ1v) is 4.24. The van der Waals surface area contributed by atoms with Crippen LogP contribution in [-0.4, -0.2) is 41.0 Å². The lowest BCUT2D eigenvalue weighted by atomic mass is 10.1. The second-order valence-electron chi connectivity index (χ2n) is 3.38. The van der Waals surface area contributed by atoms with E-state index < -0.39 is 0 Å². The van der Waals surface area contributed by atoms with Crippen molar-refractivity contribution < 1.29 is 0 Å². The molecule has 0 aliphatic carbocycles. The fraction of sp³-hybridized carbons (Fsp3) is 0.625. The molecule has 0 amide bonds. The van der Waals surface area contributed by atoms with Crippen LogP contribution in [0.5, 0.6) is 0 Å². The molecule has 0 radical (unpaired) electrons. The van der Waals surface area contributed by atoms with Gasteiger partial charge >= 0.3 is 0 Å². The molecule has 1 aliphatic rings. The molecule has 2 N–H and O–H groups in total. The number of likely N-dealkylation sites (tertiary alicyclic amines) is 1. The van der Waals surface area contributed by atoms with Gasteiger partial charge < -0.3 is 15.2 Å². The predicted octanol–water partition coefficient (Wildman–Crippen LogP) is -0.187. The lowest BCUT2D eigenvalue weighted by Gasteiger charge is -2.36. The zero-order valence-corrected chi connectivity index (χ0v) is 7.25. The highest BCUT2D eigenvalue weighted by Gasteiger charge is 2.21. The van der Waals surface area contributed by atoms with E-state index in [0.29, 0.717) is 6.04 Å². The number of hydrogen-bond donors (Lipinski definition) is 2. The molecule has 0 bridgehead atoms. The molecule has 4 heteroatoms. The second kappa shape index (κ2) is 3.25. The number of H-pyrrole nitrogens is 1. The van der Waals surface area contributed by atoms with Gasteiger partial charge in [0.15, 0.2) is 0 Å². The average molecular weight is 166 g/mol. The van der Waals surface area contributed by atoms with Crippen LogP contribution in [0.1, 0.15) is 5.69 Å². The van der Waals surface area contributed by atoms with Crippen molar-refractivity contribution in [3.8, 4) is 0 Å². The summed E-state index contributed by atoms with van der Waals surface area (Å²) in [6, 6.07) is 0.665. The third kappa shape index (κ3) is 1.65. The molecule has 0 spiro atoms. The fourth-order valence-corrected chi connectivity index (χ4v) is 1.46. The maximum atomic E-state index is 3.95. The zero-order valence-electron chi connectivity index (χ0n) is 7.25. The maximum absolute atomic E-state index is 3.95. The standard InChI is InChI=1S/C8H14N4/c1-12-4-8(5-12)10-3-7-2-9-6-11-7/h2,6,8,10H,3-5H2,1H3,(H,9,11). The van der Waals surface area contributed by atoms with Crippen LogP contribution in [0.25, 0.3) is 0 Å². The van der Waals surface area contributed by atoms with E-state index in [2.05, 4.69) is 27.2 Å². The normalized spacial score (nSPS) is 19.4. The Kier molecular flexibility index (Phi) is 2.10. The SMILES string of the molecule is CN1CC(NCc2cnc[nH]2)C1. The first kappa shape index (κ1) is 7.76. The molecule has 1 saturated heterocycles. The highest BCUT2D eigenvalue weighted by atomic mass is 15.2. The Morgan fingerprint density at radius 3 is 3.17 bits per heavy atom. The lowest BCUT2D eigenvalue weighted by molar-refractivity contribution is 0.160. The van der Waals surface area contributed by atoms with E-state index >= 15 is 0 Å². The van der Waals surface area contributed by atoms with E-state index in [9.17, 15) is 0 Å². The minimum atomic E-state index is 0.665. The second-order valence-corrected chi connectivity index (χ2v) is 3.38. The number of aromatic nitrogens is 2. The third-order valence-electron chi connectivity index (χ3n) is 2.20. The molecular formula is C8H14N4. The third-order valence-corrected chi connectivity index (χ3v) is 2.20. The van der Waals surface area contributed by atoms with E-state index in [1.165, 1.54) is 0 Å². The predicted molar refractivity (Wildman–Crippen MR) is 46.7 cm³/mol. The minimum Gasteiger partial charge on any atom is -0.347 e. The van der Waals surface area contributed by atoms with Crippen LogP contribution < -0.4 is 5.32 Å². The van der Waals surface area contributed by atoms with Crippen LogP contribution in [0.15, 0.2) is 12.5 Å². The minimum absolute atomic E-state index is 0.665. The summed E-state index contributed by atoms with van der Waals surface area (Å²) in [4.78, 5) is 9.31. The number of aromatic amines is 1. The average Bonchev–Trinajstić information content (AvgIpc) is 2.47. The van der Waals surface area contributed by atoms with Crippen molar-refractivity contribution in [2.45, 2.75) is 12.6 Å². The van der Waals surface area contributed by atoms with Crippen molar-refractivity contribution in [3.63, 3.8) is 0 Å². The van der Waals surface area contributed by atoms with Crippen molar-refractivity contribution in [3.05, 3.63) is 18.2 Å². The molecular weight excluding hydrogens is 152 g/mol. The van der Waals surface area contributed by atoms with Gasteiger partial charge in [0.1, 0.15) is 0 Å². The Bertz CT molecular complexity index is 225. The molecule has 0 atom stereocenters. The molecule has 0 saturated carbocycles. The first-order chi connectivity index (χ1) is 5.84. The van der Waals surface area contributed by atoms with Crippen LogP contribution in [-0.2, 0) is 6.54 Å². The van der Waals surface area contributed by atoms with Crippen molar-refractivity contribution in [2.24, 2.45) is 0 Å². The van der Waals surface area contributed by atoms with Gasteiger partial charge in [-0.2, -0.15) is 0 Å². The van der Waals surface area contributed by atoms with E-state index in [1.807, 2.05) is 6.20 Å². The number of nitrogens with one attached hydrogen (secondary N) is 2. The monoisotopic (exact) mass is 166 g/mol. The number of nitrogens with zero attached hydrogens (tertiary/aromatic N) is 2. The summed E-state index contributed by atoms with van der Waals surface area (Å²) >= 11 is 0. The molecule has 2 heterocycles. The molecule has 4 nitrogen and oxygen atoms in total. The van der Waals surface area contributed by atoms with Gasteiger partial charge in [0, 0.05) is 37.6 Å². The number of likely N-dealkylation sites (N-methyl/N-ethyl adjacent to an activating group) is 1. The summed E-state index contributed by atoms with van der Waals surface area (Å²) in [5, 5.41) is 3.44. The molecule has 0 unspecified atom stereocenters. The highest BCUT2D eigenvalue weighted by molar-refractivity contribution is 4.95. The Morgan fingerprint density at radius 1 is 1.75 bits per heavy atom. The van der Waals surface area contributed by atoms with E-state index in [-0.39, 0.29) is 0 Å².